The number of hydrogen-bond acceptors (Lipinski definition) is 2. The summed E-state index contributed by atoms with van der Waals surface area (Å²) in [6.07, 6.45) is 0. The van der Waals surface area contributed by atoms with Crippen molar-refractivity contribution in [1.82, 2.24) is 0 Å². The molecule has 0 atom stereocenters. The quantitative estimate of drug-likeness (QED) is 0.352. The maximum Gasteiger partial charge on any atom is 0 e. The van der Waals surface area contributed by atoms with Gasteiger partial charge in [-0.15, -0.1) is 0 Å². The summed E-state index contributed by atoms with van der Waals surface area (Å²) < 4.78 is 16.7. The van der Waals surface area contributed by atoms with Crippen molar-refractivity contribution >= 4 is 8.34 Å². The average molecular weight is 127 g/mol. The minimum atomic E-state index is -1.08. The van der Waals surface area contributed by atoms with Crippen molar-refractivity contribution in [3.05, 3.63) is 0 Å². The smallest absolute Gasteiger partial charge is 0 e. The summed E-state index contributed by atoms with van der Waals surface area (Å²) in [6, 6.07) is 0. The fourth-order valence-electron chi connectivity index (χ4n) is 0. The molecule has 27 valence electrons. The largest absolute Gasteiger partial charge is 0 e. The van der Waals surface area contributed by atoms with Gasteiger partial charge in [-0.2, -0.15) is 0 Å². The van der Waals surface area contributed by atoms with Crippen molar-refractivity contribution in [1.29, 1.82) is 0 Å². The summed E-state index contributed by atoms with van der Waals surface area (Å²) in [5, 5.41) is 0. The molecule has 0 amide bonds. The van der Waals surface area contributed by atoms with Gasteiger partial charge in [0, 0.05) is 17.1 Å². The first-order valence-corrected chi connectivity index (χ1v) is 1.10. The van der Waals surface area contributed by atoms with Gasteiger partial charge in [0.1, 0.15) is 0 Å². The van der Waals surface area contributed by atoms with Gasteiger partial charge in [-0.05, 0) is 0 Å². The second kappa shape index (κ2) is 9.61. The fraction of sp³-hybridized carbons (Fsp3) is 0. The van der Waals surface area contributed by atoms with Crippen LogP contribution in [0.2, 0.25) is 0 Å². The molecule has 1 radical (unpaired) electrons. The van der Waals surface area contributed by atoms with Gasteiger partial charge in [0.2, 0.25) is 0 Å². The topological polar surface area (TPSA) is 34.1 Å². The molecule has 0 rings (SSSR count). The third-order valence-corrected chi connectivity index (χ3v) is 0. The zero-order valence-corrected chi connectivity index (χ0v) is 3.40. The van der Waals surface area contributed by atoms with Gasteiger partial charge < -0.3 is 0 Å². The van der Waals surface area contributed by atoms with E-state index in [-0.39, 0.29) is 17.1 Å². The van der Waals surface area contributed by atoms with Crippen LogP contribution in [-0.4, -0.2) is 0 Å². The Bertz CT molecular complexity index is 27.0. The third-order valence-electron chi connectivity index (χ3n) is 0. The summed E-state index contributed by atoms with van der Waals surface area (Å²) in [5.41, 5.74) is 0. The molecule has 4 heavy (non-hydrogen) atoms. The molecule has 0 spiro atoms. The van der Waals surface area contributed by atoms with Crippen molar-refractivity contribution in [2.75, 3.05) is 0 Å². The molecule has 0 aromatic carbocycles. The van der Waals surface area contributed by atoms with E-state index in [4.69, 9.17) is 9.13 Å². The van der Waals surface area contributed by atoms with Crippen molar-refractivity contribution in [2.24, 2.45) is 0 Å². The van der Waals surface area contributed by atoms with Crippen LogP contribution in [0.1, 0.15) is 0 Å². The Morgan fingerprint density at radius 3 is 1.25 bits per heavy atom. The molecule has 0 aliphatic rings. The van der Waals surface area contributed by atoms with Gasteiger partial charge in [-0.1, -0.05) is 0 Å². The maximum absolute atomic E-state index is 8.35. The average Bonchev–Trinajstić information content (AvgIpc) is 0.918. The van der Waals surface area contributed by atoms with Crippen LogP contribution in [-0.2, 0) is 26.2 Å². The SMILES string of the molecule is O=[P+]=O.[Cu]. The molecule has 0 N–H and O–H groups in total. The molecule has 0 saturated heterocycles. The number of rotatable bonds is 0. The first-order valence-electron chi connectivity index (χ1n) is 0.365. The molecule has 0 unspecified atom stereocenters. The molecule has 4 heteroatoms. The fourth-order valence-corrected chi connectivity index (χ4v) is 0. The van der Waals surface area contributed by atoms with Gasteiger partial charge >= 0.3 is 17.5 Å². The van der Waals surface area contributed by atoms with Crippen LogP contribution in [0.25, 0.3) is 0 Å². The zero-order valence-electron chi connectivity index (χ0n) is 1.57. The number of hydrogen-bond donors (Lipinski definition) is 0. The van der Waals surface area contributed by atoms with E-state index < -0.39 is 8.34 Å². The summed E-state index contributed by atoms with van der Waals surface area (Å²) in [6.45, 7) is 0. The van der Waals surface area contributed by atoms with E-state index in [0.29, 0.717) is 0 Å². The van der Waals surface area contributed by atoms with Crippen molar-refractivity contribution in [2.45, 2.75) is 0 Å². The van der Waals surface area contributed by atoms with E-state index in [2.05, 4.69) is 0 Å². The molecule has 0 aliphatic carbocycles. The van der Waals surface area contributed by atoms with Crippen LogP contribution in [0.15, 0.2) is 0 Å². The summed E-state index contributed by atoms with van der Waals surface area (Å²) in [4.78, 5) is 0. The zero-order chi connectivity index (χ0) is 2.71. The Morgan fingerprint density at radius 1 is 1.25 bits per heavy atom. The summed E-state index contributed by atoms with van der Waals surface area (Å²) in [7, 11) is -1.08. The van der Waals surface area contributed by atoms with E-state index in [0.717, 1.165) is 0 Å². The Balaban J connectivity index is 0. The summed E-state index contributed by atoms with van der Waals surface area (Å²) >= 11 is 0. The first-order chi connectivity index (χ1) is 1.41. The van der Waals surface area contributed by atoms with Crippen LogP contribution in [0, 0.1) is 0 Å². The van der Waals surface area contributed by atoms with Gasteiger partial charge in [-0.3, -0.25) is 0 Å². The van der Waals surface area contributed by atoms with E-state index in [1.807, 2.05) is 0 Å². The van der Waals surface area contributed by atoms with Gasteiger partial charge in [-0.25, -0.2) is 0 Å². The monoisotopic (exact) mass is 126 g/mol. The molecule has 0 bridgehead atoms. The Kier molecular flexibility index (Phi) is 21.2. The molecule has 0 heterocycles. The molecule has 0 fully saturated rings. The van der Waals surface area contributed by atoms with Crippen LogP contribution < -0.4 is 0 Å². The maximum atomic E-state index is 8.35. The molecule has 0 aliphatic heterocycles. The third kappa shape index (κ3) is 20.3. The second-order valence-electron chi connectivity index (χ2n) is 0.0745. The van der Waals surface area contributed by atoms with Crippen molar-refractivity contribution in [3.8, 4) is 0 Å². The standard InChI is InChI=1S/Cu.O2P/c;1-3-2/q;+1. The van der Waals surface area contributed by atoms with Crippen LogP contribution in [0.4, 0.5) is 0 Å². The molecule has 0 saturated carbocycles. The Morgan fingerprint density at radius 2 is 1.25 bits per heavy atom. The van der Waals surface area contributed by atoms with E-state index in [9.17, 15) is 0 Å². The molecule has 0 aromatic heterocycles. The van der Waals surface area contributed by atoms with E-state index >= 15 is 0 Å². The Labute approximate surface area is 35.3 Å². The molecular weight excluding hydrogens is 127 g/mol. The minimum Gasteiger partial charge on any atom is 0 e. The molecule has 0 aromatic rings. The van der Waals surface area contributed by atoms with Crippen LogP contribution >= 0.6 is 8.34 Å². The molecule has 2 nitrogen and oxygen atoms in total. The van der Waals surface area contributed by atoms with Crippen LogP contribution in [0.5, 0.6) is 0 Å². The van der Waals surface area contributed by atoms with Gasteiger partial charge in [0.15, 0.2) is 0 Å². The van der Waals surface area contributed by atoms with E-state index in [1.165, 1.54) is 0 Å². The van der Waals surface area contributed by atoms with Crippen molar-refractivity contribution < 1.29 is 26.2 Å². The van der Waals surface area contributed by atoms with Crippen molar-refractivity contribution in [3.63, 3.8) is 0 Å². The predicted molar refractivity (Wildman–Crippen MR) is 8.29 cm³/mol. The normalized spacial score (nSPS) is 2.00. The second-order valence-corrected chi connectivity index (χ2v) is 0.224. The van der Waals surface area contributed by atoms with E-state index in [1.54, 1.807) is 0 Å². The first kappa shape index (κ1) is 8.82. The Hall–Kier alpha value is 0.549. The van der Waals surface area contributed by atoms with Gasteiger partial charge in [0.25, 0.3) is 0 Å². The predicted octanol–water partition coefficient (Wildman–Crippen LogP) is 0.621. The molecular formula is CuO2P+. The minimum absolute atomic E-state index is 0. The van der Waals surface area contributed by atoms with Crippen LogP contribution in [0.3, 0.4) is 0 Å². The van der Waals surface area contributed by atoms with Gasteiger partial charge in [0.05, 0.1) is 0 Å². The summed E-state index contributed by atoms with van der Waals surface area (Å²) in [5.74, 6) is 0.